The topological polar surface area (TPSA) is 57.7 Å². The van der Waals surface area contributed by atoms with Gasteiger partial charge in [-0.25, -0.2) is 0 Å². The van der Waals surface area contributed by atoms with Crippen LogP contribution in [-0.4, -0.2) is 6.61 Å². The predicted octanol–water partition coefficient (Wildman–Crippen LogP) is 6.32. The zero-order chi connectivity index (χ0) is 17.0. The van der Waals surface area contributed by atoms with E-state index in [0.29, 0.717) is 5.56 Å². The molecule has 4 heteroatoms. The lowest BCUT2D eigenvalue weighted by atomic mass is 10.2. The first-order chi connectivity index (χ1) is 11.8. The second-order valence-electron chi connectivity index (χ2n) is 5.62. The molecule has 0 aliphatic carbocycles. The second kappa shape index (κ2) is 10.2. The zero-order valence-electron chi connectivity index (χ0n) is 14.1. The van der Waals surface area contributed by atoms with Crippen LogP contribution in [0.2, 0.25) is 0 Å². The number of azo groups is 1. The van der Waals surface area contributed by atoms with Gasteiger partial charge in [0.2, 0.25) is 0 Å². The minimum atomic E-state index is 0.616. The smallest absolute Gasteiger partial charge is 0.119 e. The summed E-state index contributed by atoms with van der Waals surface area (Å²) in [4.78, 5) is 0. The molecule has 2 rings (SSSR count). The molecule has 0 atom stereocenters. The third-order valence-electron chi connectivity index (χ3n) is 3.63. The molecule has 0 saturated heterocycles. The van der Waals surface area contributed by atoms with E-state index < -0.39 is 0 Å². The van der Waals surface area contributed by atoms with Gasteiger partial charge in [0.25, 0.3) is 0 Å². The fourth-order valence-electron chi connectivity index (χ4n) is 2.22. The Morgan fingerprint density at radius 2 is 1.42 bits per heavy atom. The summed E-state index contributed by atoms with van der Waals surface area (Å²) in [5.74, 6) is 0.864. The predicted molar refractivity (Wildman–Crippen MR) is 96.0 cm³/mol. The molecular formula is C20H23N3O. The van der Waals surface area contributed by atoms with Crippen molar-refractivity contribution in [3.8, 4) is 11.8 Å². The quantitative estimate of drug-likeness (QED) is 0.400. The number of nitrogens with zero attached hydrogens (tertiary/aromatic N) is 3. The van der Waals surface area contributed by atoms with Crippen molar-refractivity contribution in [2.75, 3.05) is 6.61 Å². The summed E-state index contributed by atoms with van der Waals surface area (Å²) in [5, 5.41) is 17.1. The fourth-order valence-corrected chi connectivity index (χ4v) is 2.22. The van der Waals surface area contributed by atoms with Gasteiger partial charge in [-0.2, -0.15) is 15.5 Å². The largest absolute Gasteiger partial charge is 0.494 e. The van der Waals surface area contributed by atoms with Crippen molar-refractivity contribution in [3.05, 3.63) is 54.1 Å². The summed E-state index contributed by atoms with van der Waals surface area (Å²) in [6.45, 7) is 2.98. The lowest BCUT2D eigenvalue weighted by Crippen LogP contribution is -1.96. The molecule has 0 aromatic heterocycles. The summed E-state index contributed by atoms with van der Waals surface area (Å²) in [5.41, 5.74) is 2.11. The maximum absolute atomic E-state index is 8.76. The van der Waals surface area contributed by atoms with Gasteiger partial charge >= 0.3 is 0 Å². The number of hydrogen-bond acceptors (Lipinski definition) is 4. The molecule has 0 N–H and O–H groups in total. The van der Waals surface area contributed by atoms with E-state index in [-0.39, 0.29) is 0 Å². The van der Waals surface area contributed by atoms with Gasteiger partial charge in [0.1, 0.15) is 5.75 Å². The van der Waals surface area contributed by atoms with Crippen molar-refractivity contribution in [3.63, 3.8) is 0 Å². The van der Waals surface area contributed by atoms with Crippen LogP contribution in [-0.2, 0) is 0 Å². The Kier molecular flexibility index (Phi) is 7.49. The van der Waals surface area contributed by atoms with Gasteiger partial charge in [0, 0.05) is 0 Å². The molecule has 4 nitrogen and oxygen atoms in total. The van der Waals surface area contributed by atoms with E-state index in [4.69, 9.17) is 10.00 Å². The highest BCUT2D eigenvalue weighted by molar-refractivity contribution is 5.44. The molecule has 0 unspecified atom stereocenters. The summed E-state index contributed by atoms with van der Waals surface area (Å²) >= 11 is 0. The van der Waals surface area contributed by atoms with Crippen molar-refractivity contribution in [2.45, 2.75) is 39.0 Å². The monoisotopic (exact) mass is 321 g/mol. The Hall–Kier alpha value is -2.67. The van der Waals surface area contributed by atoms with E-state index in [1.807, 2.05) is 24.3 Å². The number of hydrogen-bond donors (Lipinski definition) is 0. The highest BCUT2D eigenvalue weighted by Crippen LogP contribution is 2.21. The van der Waals surface area contributed by atoms with Gasteiger partial charge in [-0.05, 0) is 55.0 Å². The van der Waals surface area contributed by atoms with Crippen molar-refractivity contribution in [1.82, 2.24) is 0 Å². The molecule has 0 fully saturated rings. The summed E-state index contributed by atoms with van der Waals surface area (Å²) < 4.78 is 5.73. The minimum absolute atomic E-state index is 0.616. The van der Waals surface area contributed by atoms with E-state index in [0.717, 1.165) is 30.2 Å². The van der Waals surface area contributed by atoms with Gasteiger partial charge in [-0.15, -0.1) is 0 Å². The Morgan fingerprint density at radius 3 is 2.00 bits per heavy atom. The van der Waals surface area contributed by atoms with Crippen molar-refractivity contribution < 1.29 is 4.74 Å². The van der Waals surface area contributed by atoms with Gasteiger partial charge in [0.05, 0.1) is 29.6 Å². The first-order valence-corrected chi connectivity index (χ1v) is 8.46. The average molecular weight is 321 g/mol. The van der Waals surface area contributed by atoms with E-state index >= 15 is 0 Å². The maximum Gasteiger partial charge on any atom is 0.119 e. The van der Waals surface area contributed by atoms with Crippen LogP contribution < -0.4 is 4.74 Å². The van der Waals surface area contributed by atoms with Crippen molar-refractivity contribution in [1.29, 1.82) is 5.26 Å². The molecule has 0 bridgehead atoms. The van der Waals surface area contributed by atoms with Gasteiger partial charge in [0.15, 0.2) is 0 Å². The standard InChI is InChI=1S/C20H23N3O/c1-2-3-4-5-6-15-24-20-13-11-19(12-14-20)23-22-18-9-7-17(16-21)8-10-18/h7-14H,2-6,15H2,1H3/b23-22+. The fraction of sp³-hybridized carbons (Fsp3) is 0.350. The molecule has 0 aliphatic heterocycles. The maximum atomic E-state index is 8.76. The highest BCUT2D eigenvalue weighted by Gasteiger charge is 1.96. The number of ether oxygens (including phenoxy) is 1. The van der Waals surface area contributed by atoms with Crippen LogP contribution in [0.25, 0.3) is 0 Å². The molecule has 0 saturated carbocycles. The molecule has 0 aliphatic rings. The minimum Gasteiger partial charge on any atom is -0.494 e. The van der Waals surface area contributed by atoms with E-state index in [1.54, 1.807) is 24.3 Å². The molecule has 0 heterocycles. The van der Waals surface area contributed by atoms with E-state index in [9.17, 15) is 0 Å². The second-order valence-corrected chi connectivity index (χ2v) is 5.62. The number of unbranched alkanes of at least 4 members (excludes halogenated alkanes) is 4. The van der Waals surface area contributed by atoms with Gasteiger partial charge in [-0.3, -0.25) is 0 Å². The average Bonchev–Trinajstić information content (AvgIpc) is 2.64. The van der Waals surface area contributed by atoms with Crippen LogP contribution in [0.4, 0.5) is 11.4 Å². The first kappa shape index (κ1) is 17.7. The molecule has 24 heavy (non-hydrogen) atoms. The van der Waals surface area contributed by atoms with Crippen LogP contribution >= 0.6 is 0 Å². The lowest BCUT2D eigenvalue weighted by molar-refractivity contribution is 0.304. The Morgan fingerprint density at radius 1 is 0.833 bits per heavy atom. The molecule has 2 aromatic carbocycles. The van der Waals surface area contributed by atoms with Gasteiger partial charge in [-0.1, -0.05) is 32.6 Å². The van der Waals surface area contributed by atoms with Crippen LogP contribution in [0, 0.1) is 11.3 Å². The van der Waals surface area contributed by atoms with Crippen LogP contribution in [0.3, 0.4) is 0 Å². The zero-order valence-corrected chi connectivity index (χ0v) is 14.1. The molecule has 2 aromatic rings. The summed E-state index contributed by atoms with van der Waals surface area (Å²) in [6.07, 6.45) is 6.18. The number of nitriles is 1. The molecule has 0 spiro atoms. The molecule has 0 radical (unpaired) electrons. The van der Waals surface area contributed by atoms with E-state index in [1.165, 1.54) is 25.7 Å². The summed E-state index contributed by atoms with van der Waals surface area (Å²) in [7, 11) is 0. The Balaban J connectivity index is 1.78. The molecular weight excluding hydrogens is 298 g/mol. The lowest BCUT2D eigenvalue weighted by Gasteiger charge is -2.05. The van der Waals surface area contributed by atoms with Crippen LogP contribution in [0.15, 0.2) is 58.8 Å². The third-order valence-corrected chi connectivity index (χ3v) is 3.63. The Bertz CT molecular complexity index is 670. The normalized spacial score (nSPS) is 10.7. The van der Waals surface area contributed by atoms with Gasteiger partial charge < -0.3 is 4.74 Å². The van der Waals surface area contributed by atoms with Crippen molar-refractivity contribution in [2.24, 2.45) is 10.2 Å². The number of benzene rings is 2. The first-order valence-electron chi connectivity index (χ1n) is 8.46. The Labute approximate surface area is 143 Å². The molecule has 0 amide bonds. The third kappa shape index (κ3) is 6.21. The highest BCUT2D eigenvalue weighted by atomic mass is 16.5. The van der Waals surface area contributed by atoms with Crippen LogP contribution in [0.1, 0.15) is 44.6 Å². The van der Waals surface area contributed by atoms with Crippen molar-refractivity contribution >= 4 is 11.4 Å². The summed E-state index contributed by atoms with van der Waals surface area (Å²) in [6, 6.07) is 16.7. The number of rotatable bonds is 9. The van der Waals surface area contributed by atoms with E-state index in [2.05, 4.69) is 23.2 Å². The van der Waals surface area contributed by atoms with Crippen LogP contribution in [0.5, 0.6) is 5.75 Å². The SMILES string of the molecule is CCCCCCCOc1ccc(/N=N/c2ccc(C#N)cc2)cc1. The molecule has 124 valence electrons.